The molecule has 1 fully saturated rings. The number of amidine groups is 1. The predicted molar refractivity (Wildman–Crippen MR) is 140 cm³/mol. The van der Waals surface area contributed by atoms with Gasteiger partial charge >= 0.3 is 0 Å². The van der Waals surface area contributed by atoms with E-state index in [0.717, 1.165) is 5.56 Å². The third-order valence-corrected chi connectivity index (χ3v) is 6.06. The van der Waals surface area contributed by atoms with Gasteiger partial charge in [-0.2, -0.15) is 5.10 Å². The van der Waals surface area contributed by atoms with Crippen LogP contribution in [0.2, 0.25) is 0 Å². The zero-order valence-electron chi connectivity index (χ0n) is 20.2. The van der Waals surface area contributed by atoms with E-state index < -0.39 is 0 Å². The van der Waals surface area contributed by atoms with Crippen molar-refractivity contribution in [1.82, 2.24) is 4.90 Å². The molecule has 1 aliphatic rings. The van der Waals surface area contributed by atoms with Gasteiger partial charge in [0.2, 0.25) is 0 Å². The van der Waals surface area contributed by atoms with E-state index >= 15 is 0 Å². The summed E-state index contributed by atoms with van der Waals surface area (Å²) in [4.78, 5) is 15.3. The van der Waals surface area contributed by atoms with Crippen LogP contribution in [0, 0.1) is 11.7 Å². The summed E-state index contributed by atoms with van der Waals surface area (Å²) in [5, 5.41) is 8.79. The largest absolute Gasteiger partial charge is 0.493 e. The zero-order chi connectivity index (χ0) is 25.5. The highest BCUT2D eigenvalue weighted by molar-refractivity contribution is 8.18. The molecule has 0 spiro atoms. The van der Waals surface area contributed by atoms with Crippen molar-refractivity contribution in [1.29, 1.82) is 0 Å². The van der Waals surface area contributed by atoms with Crippen molar-refractivity contribution >= 4 is 35.1 Å². The number of halogens is 1. The minimum absolute atomic E-state index is 0.215. The summed E-state index contributed by atoms with van der Waals surface area (Å²) in [7, 11) is 1.58. The van der Waals surface area contributed by atoms with Crippen molar-refractivity contribution < 1.29 is 23.1 Å². The number of hydrogen-bond donors (Lipinski definition) is 0. The molecular weight excluding hydrogens is 481 g/mol. The highest BCUT2D eigenvalue weighted by Crippen LogP contribution is 2.35. The first-order valence-corrected chi connectivity index (χ1v) is 12.2. The number of rotatable bonds is 9. The second-order valence-corrected chi connectivity index (χ2v) is 9.38. The van der Waals surface area contributed by atoms with Gasteiger partial charge < -0.3 is 13.9 Å². The molecule has 0 unspecified atom stereocenters. The number of carbonyl (C=O) groups is 1. The molecule has 9 heteroatoms. The summed E-state index contributed by atoms with van der Waals surface area (Å²) in [6.07, 6.45) is 4.84. The molecule has 7 nitrogen and oxygen atoms in total. The lowest BCUT2D eigenvalue weighted by Crippen LogP contribution is -2.28. The number of benzene rings is 2. The average molecular weight is 508 g/mol. The summed E-state index contributed by atoms with van der Waals surface area (Å²) in [5.41, 5.74) is 1.48. The normalized spacial score (nSPS) is 16.1. The Balaban J connectivity index is 1.59. The van der Waals surface area contributed by atoms with E-state index in [1.165, 1.54) is 35.0 Å². The summed E-state index contributed by atoms with van der Waals surface area (Å²) in [5.74, 6) is 1.69. The van der Waals surface area contributed by atoms with Crippen LogP contribution < -0.4 is 9.47 Å². The van der Waals surface area contributed by atoms with Gasteiger partial charge in [0.25, 0.3) is 5.91 Å². The number of amides is 1. The molecule has 0 radical (unpaired) electrons. The number of carbonyl (C=O) groups excluding carboxylic acids is 1. The fourth-order valence-corrected chi connectivity index (χ4v) is 4.21. The molecule has 0 aliphatic carbocycles. The fourth-order valence-electron chi connectivity index (χ4n) is 3.28. The molecule has 1 aromatic heterocycles. The Bertz CT molecular complexity index is 1280. The Labute approximate surface area is 213 Å². The molecule has 36 heavy (non-hydrogen) atoms. The quantitative estimate of drug-likeness (QED) is 0.203. The van der Waals surface area contributed by atoms with Crippen molar-refractivity contribution in [3.8, 4) is 11.5 Å². The number of thioether (sulfide) groups is 1. The molecule has 1 amide bonds. The van der Waals surface area contributed by atoms with Crippen LogP contribution in [0.15, 0.2) is 80.4 Å². The predicted octanol–water partition coefficient (Wildman–Crippen LogP) is 5.97. The second-order valence-electron chi connectivity index (χ2n) is 8.38. The van der Waals surface area contributed by atoms with Crippen LogP contribution in [0.25, 0.3) is 6.08 Å². The van der Waals surface area contributed by atoms with Crippen LogP contribution >= 0.6 is 11.8 Å². The molecule has 2 heterocycles. The molecule has 0 atom stereocenters. The number of hydrogen-bond acceptors (Lipinski definition) is 7. The third kappa shape index (κ3) is 6.42. The van der Waals surface area contributed by atoms with E-state index in [0.29, 0.717) is 45.4 Å². The topological polar surface area (TPSA) is 76.6 Å². The monoisotopic (exact) mass is 507 g/mol. The summed E-state index contributed by atoms with van der Waals surface area (Å²) < 4.78 is 29.9. The Morgan fingerprint density at radius 2 is 1.89 bits per heavy atom. The first-order valence-electron chi connectivity index (χ1n) is 11.3. The highest BCUT2D eigenvalue weighted by Gasteiger charge is 2.34. The highest BCUT2D eigenvalue weighted by atomic mass is 32.2. The van der Waals surface area contributed by atoms with E-state index in [9.17, 15) is 9.18 Å². The van der Waals surface area contributed by atoms with Crippen LogP contribution in [-0.4, -0.2) is 35.9 Å². The van der Waals surface area contributed by atoms with E-state index in [1.54, 1.807) is 43.7 Å². The Hall–Kier alpha value is -3.85. The summed E-state index contributed by atoms with van der Waals surface area (Å²) >= 11 is 1.21. The van der Waals surface area contributed by atoms with Crippen LogP contribution in [0.3, 0.4) is 0 Å². The Morgan fingerprint density at radius 1 is 1.11 bits per heavy atom. The SMILES string of the molecule is COc1cc(/C=C2\S/C(=N\N=C\c3ccc(F)cc3)N(Cc3ccco3)C2=O)ccc1OCC(C)C. The standard InChI is InChI=1S/C27H26FN3O4S/c1-18(2)17-35-23-11-8-20(13-24(23)33-3)14-25-26(32)31(16-22-5-4-12-34-22)27(36-25)30-29-15-19-6-9-21(28)10-7-19/h4-15,18H,16-17H2,1-3H3/b25-14-,29-15+,30-27-. The first kappa shape index (κ1) is 25.2. The third-order valence-electron chi connectivity index (χ3n) is 5.06. The van der Waals surface area contributed by atoms with Crippen molar-refractivity contribution in [2.45, 2.75) is 20.4 Å². The van der Waals surface area contributed by atoms with Crippen LogP contribution in [-0.2, 0) is 11.3 Å². The van der Waals surface area contributed by atoms with Gasteiger partial charge in [0.1, 0.15) is 11.6 Å². The molecule has 2 aromatic carbocycles. The van der Waals surface area contributed by atoms with Crippen molar-refractivity contribution in [3.63, 3.8) is 0 Å². The van der Waals surface area contributed by atoms with E-state index in [1.807, 2.05) is 18.2 Å². The van der Waals surface area contributed by atoms with Crippen LogP contribution in [0.5, 0.6) is 11.5 Å². The van der Waals surface area contributed by atoms with Crippen molar-refractivity contribution in [2.24, 2.45) is 16.1 Å². The smallest absolute Gasteiger partial charge is 0.267 e. The average Bonchev–Trinajstić information content (AvgIpc) is 3.48. The Kier molecular flexibility index (Phi) is 8.22. The molecule has 1 aliphatic heterocycles. The minimum Gasteiger partial charge on any atom is -0.493 e. The van der Waals surface area contributed by atoms with Gasteiger partial charge in [0.15, 0.2) is 16.7 Å². The molecule has 1 saturated heterocycles. The molecule has 0 N–H and O–H groups in total. The lowest BCUT2D eigenvalue weighted by molar-refractivity contribution is -0.122. The van der Waals surface area contributed by atoms with Crippen LogP contribution in [0.1, 0.15) is 30.7 Å². The Morgan fingerprint density at radius 3 is 2.58 bits per heavy atom. The van der Waals surface area contributed by atoms with Gasteiger partial charge in [-0.05, 0) is 71.3 Å². The van der Waals surface area contributed by atoms with Gasteiger partial charge in [0, 0.05) is 0 Å². The van der Waals surface area contributed by atoms with E-state index in [2.05, 4.69) is 24.1 Å². The van der Waals surface area contributed by atoms with Gasteiger partial charge in [0.05, 0.1) is 37.6 Å². The van der Waals surface area contributed by atoms with Crippen molar-refractivity contribution in [3.05, 3.63) is 88.5 Å². The number of nitrogens with zero attached hydrogens (tertiary/aromatic N) is 3. The van der Waals surface area contributed by atoms with E-state index in [-0.39, 0.29) is 18.3 Å². The van der Waals surface area contributed by atoms with E-state index in [4.69, 9.17) is 13.9 Å². The number of methoxy groups -OCH3 is 1. The maximum atomic E-state index is 13.3. The minimum atomic E-state index is -0.328. The zero-order valence-corrected chi connectivity index (χ0v) is 21.0. The molecular formula is C27H26FN3O4S. The lowest BCUT2D eigenvalue weighted by Gasteiger charge is -2.13. The molecule has 186 valence electrons. The van der Waals surface area contributed by atoms with Gasteiger partial charge in [-0.15, -0.1) is 5.10 Å². The summed E-state index contributed by atoms with van der Waals surface area (Å²) in [6.45, 7) is 4.94. The molecule has 0 saturated carbocycles. The van der Waals surface area contributed by atoms with Gasteiger partial charge in [-0.1, -0.05) is 32.0 Å². The number of ether oxygens (including phenoxy) is 2. The maximum Gasteiger partial charge on any atom is 0.267 e. The molecule has 0 bridgehead atoms. The second kappa shape index (κ2) is 11.7. The fraction of sp³-hybridized carbons (Fsp3) is 0.222. The van der Waals surface area contributed by atoms with Gasteiger partial charge in [-0.3, -0.25) is 9.69 Å². The number of furan rings is 1. The first-order chi connectivity index (χ1) is 17.4. The summed E-state index contributed by atoms with van der Waals surface area (Å²) in [6, 6.07) is 15.0. The lowest BCUT2D eigenvalue weighted by atomic mass is 10.1. The molecule has 4 rings (SSSR count). The maximum absolute atomic E-state index is 13.3. The van der Waals surface area contributed by atoms with Gasteiger partial charge in [-0.25, -0.2) is 4.39 Å². The molecule has 3 aromatic rings. The van der Waals surface area contributed by atoms with Crippen LogP contribution in [0.4, 0.5) is 4.39 Å². The van der Waals surface area contributed by atoms with Crippen molar-refractivity contribution in [2.75, 3.05) is 13.7 Å².